The lowest BCUT2D eigenvalue weighted by Gasteiger charge is -2.28. The molecule has 0 saturated carbocycles. The van der Waals surface area contributed by atoms with Crippen LogP contribution < -0.4 is 29.2 Å². The van der Waals surface area contributed by atoms with Crippen LogP contribution in [0.5, 0.6) is 28.7 Å². The molecule has 7 rings (SSSR count). The Hall–Kier alpha value is -5.02. The summed E-state index contributed by atoms with van der Waals surface area (Å²) in [6.45, 7) is 4.50. The summed E-state index contributed by atoms with van der Waals surface area (Å²) >= 11 is 5.98. The Kier molecular flexibility index (Phi) is 6.87. The fourth-order valence-electron chi connectivity index (χ4n) is 5.91. The van der Waals surface area contributed by atoms with E-state index >= 15 is 0 Å². The second-order valence-electron chi connectivity index (χ2n) is 10.5. The summed E-state index contributed by atoms with van der Waals surface area (Å²) in [7, 11) is 1.65. The minimum absolute atomic E-state index is 0.148. The molecule has 9 heteroatoms. The number of aryl methyl sites for hydroxylation is 1. The van der Waals surface area contributed by atoms with E-state index in [1.165, 1.54) is 0 Å². The smallest absolute Gasteiger partial charge is 0.231 e. The minimum atomic E-state index is -0.158. The molecule has 5 aromatic rings. The van der Waals surface area contributed by atoms with Crippen LogP contribution >= 0.6 is 12.2 Å². The van der Waals surface area contributed by atoms with Crippen LogP contribution in [0.1, 0.15) is 34.7 Å². The van der Waals surface area contributed by atoms with E-state index < -0.39 is 0 Å². The Balaban J connectivity index is 1.26. The van der Waals surface area contributed by atoms with Gasteiger partial charge in [0.05, 0.1) is 24.9 Å². The maximum Gasteiger partial charge on any atom is 0.231 e. The third-order valence-electron chi connectivity index (χ3n) is 7.91. The van der Waals surface area contributed by atoms with Crippen molar-refractivity contribution >= 4 is 23.0 Å². The summed E-state index contributed by atoms with van der Waals surface area (Å²) in [6.07, 6.45) is 1.82. The number of methoxy groups -OCH3 is 1. The monoisotopic (exact) mass is 590 g/mol. The Morgan fingerprint density at radius 1 is 0.837 bits per heavy atom. The van der Waals surface area contributed by atoms with Gasteiger partial charge in [-0.15, -0.1) is 0 Å². The summed E-state index contributed by atoms with van der Waals surface area (Å²) < 4.78 is 24.8. The maximum absolute atomic E-state index is 6.09. The number of ether oxygens (including phenoxy) is 4. The average Bonchev–Trinajstić information content (AvgIpc) is 3.72. The predicted molar refractivity (Wildman–Crippen MR) is 169 cm³/mol. The number of nitrogens with one attached hydrogen (secondary N) is 1. The minimum Gasteiger partial charge on any atom is -0.497 e. The van der Waals surface area contributed by atoms with E-state index in [1.54, 1.807) is 7.11 Å². The van der Waals surface area contributed by atoms with Gasteiger partial charge in [0.25, 0.3) is 0 Å². The maximum atomic E-state index is 6.09. The SMILES string of the molecule is COc1ccc(Oc2ccc(N3C(=S)NC(c4ccccn4)C3c3cc(C)n(-c4ccc5c(c4)OCO5)c3C)cc2)cc1. The number of thiocarbonyl (C=S) groups is 1. The van der Waals surface area contributed by atoms with Crippen molar-refractivity contribution in [2.24, 2.45) is 0 Å². The van der Waals surface area contributed by atoms with Crippen LogP contribution in [0.25, 0.3) is 5.69 Å². The molecule has 0 amide bonds. The van der Waals surface area contributed by atoms with Gasteiger partial charge in [0.1, 0.15) is 17.2 Å². The van der Waals surface area contributed by atoms with Crippen molar-refractivity contribution in [1.82, 2.24) is 14.9 Å². The summed E-state index contributed by atoms with van der Waals surface area (Å²) in [5, 5.41) is 4.20. The van der Waals surface area contributed by atoms with Crippen LogP contribution in [-0.4, -0.2) is 28.6 Å². The van der Waals surface area contributed by atoms with E-state index in [0.717, 1.165) is 62.8 Å². The van der Waals surface area contributed by atoms with Gasteiger partial charge in [-0.25, -0.2) is 0 Å². The summed E-state index contributed by atoms with van der Waals surface area (Å²) in [5.41, 5.74) is 6.25. The van der Waals surface area contributed by atoms with Crippen LogP contribution in [0.15, 0.2) is 97.2 Å². The quantitative estimate of drug-likeness (QED) is 0.200. The highest BCUT2D eigenvalue weighted by atomic mass is 32.1. The molecular weight excluding hydrogens is 560 g/mol. The van der Waals surface area contributed by atoms with Gasteiger partial charge >= 0.3 is 0 Å². The van der Waals surface area contributed by atoms with Gasteiger partial charge in [-0.1, -0.05) is 6.07 Å². The zero-order valence-electron chi connectivity index (χ0n) is 24.0. The molecule has 3 aromatic carbocycles. The normalized spacial score (nSPS) is 17.2. The van der Waals surface area contributed by atoms with Crippen molar-refractivity contribution in [3.05, 3.63) is 120 Å². The van der Waals surface area contributed by atoms with E-state index in [9.17, 15) is 0 Å². The van der Waals surface area contributed by atoms with Gasteiger partial charge < -0.3 is 33.7 Å². The molecule has 2 aliphatic heterocycles. The first-order chi connectivity index (χ1) is 21.0. The number of fused-ring (bicyclic) bond motifs is 1. The number of rotatable bonds is 7. The van der Waals surface area contributed by atoms with E-state index in [1.807, 2.05) is 85.1 Å². The van der Waals surface area contributed by atoms with Gasteiger partial charge in [0.15, 0.2) is 16.6 Å². The Labute approximate surface area is 255 Å². The fraction of sp³-hybridized carbons (Fsp3) is 0.176. The summed E-state index contributed by atoms with van der Waals surface area (Å²) in [4.78, 5) is 6.89. The number of pyridine rings is 1. The molecule has 0 bridgehead atoms. The van der Waals surface area contributed by atoms with Crippen molar-refractivity contribution in [2.75, 3.05) is 18.8 Å². The summed E-state index contributed by atoms with van der Waals surface area (Å²) in [5.74, 6) is 3.75. The number of hydrogen-bond donors (Lipinski definition) is 1. The van der Waals surface area contributed by atoms with Crippen LogP contribution in [0.4, 0.5) is 5.69 Å². The van der Waals surface area contributed by atoms with Crippen LogP contribution in [0.3, 0.4) is 0 Å². The largest absolute Gasteiger partial charge is 0.497 e. The molecule has 2 aromatic heterocycles. The van der Waals surface area contributed by atoms with Crippen molar-refractivity contribution in [2.45, 2.75) is 25.9 Å². The van der Waals surface area contributed by atoms with Gasteiger partial charge in [-0.2, -0.15) is 0 Å². The third kappa shape index (κ3) is 4.91. The molecule has 2 atom stereocenters. The van der Waals surface area contributed by atoms with Crippen LogP contribution in [-0.2, 0) is 0 Å². The molecule has 0 radical (unpaired) electrons. The van der Waals surface area contributed by atoms with E-state index in [-0.39, 0.29) is 18.9 Å². The van der Waals surface area contributed by atoms with Crippen molar-refractivity contribution in [3.63, 3.8) is 0 Å². The fourth-order valence-corrected chi connectivity index (χ4v) is 6.26. The zero-order chi connectivity index (χ0) is 29.5. The number of aromatic nitrogens is 2. The Morgan fingerprint density at radius 2 is 1.53 bits per heavy atom. The average molecular weight is 591 g/mol. The topological polar surface area (TPSA) is 70.0 Å². The number of nitrogens with zero attached hydrogens (tertiary/aromatic N) is 3. The lowest BCUT2D eigenvalue weighted by Crippen LogP contribution is -2.29. The molecule has 1 N–H and O–H groups in total. The molecule has 216 valence electrons. The van der Waals surface area contributed by atoms with Gasteiger partial charge in [-0.3, -0.25) is 4.98 Å². The van der Waals surface area contributed by atoms with Gasteiger partial charge in [0.2, 0.25) is 6.79 Å². The van der Waals surface area contributed by atoms with Crippen molar-refractivity contribution < 1.29 is 18.9 Å². The summed E-state index contributed by atoms with van der Waals surface area (Å²) in [6, 6.07) is 29.5. The predicted octanol–water partition coefficient (Wildman–Crippen LogP) is 7.20. The Bertz CT molecular complexity index is 1790. The molecular formula is C34H30N4O4S. The zero-order valence-corrected chi connectivity index (χ0v) is 24.8. The first kappa shape index (κ1) is 26.9. The van der Waals surface area contributed by atoms with Crippen molar-refractivity contribution in [3.8, 4) is 34.4 Å². The lowest BCUT2D eigenvalue weighted by atomic mass is 9.96. The highest BCUT2D eigenvalue weighted by Gasteiger charge is 2.42. The van der Waals surface area contributed by atoms with Crippen molar-refractivity contribution in [1.29, 1.82) is 0 Å². The molecule has 0 aliphatic carbocycles. The third-order valence-corrected chi connectivity index (χ3v) is 8.23. The second-order valence-corrected chi connectivity index (χ2v) is 10.9. The number of hydrogen-bond acceptors (Lipinski definition) is 6. The molecule has 1 saturated heterocycles. The van der Waals surface area contributed by atoms with Crippen LogP contribution in [0, 0.1) is 13.8 Å². The van der Waals surface area contributed by atoms with E-state index in [2.05, 4.69) is 40.8 Å². The molecule has 0 spiro atoms. The molecule has 8 nitrogen and oxygen atoms in total. The molecule has 4 heterocycles. The van der Waals surface area contributed by atoms with Gasteiger partial charge in [-0.05, 0) is 110 Å². The molecule has 2 unspecified atom stereocenters. The Morgan fingerprint density at radius 3 is 2.26 bits per heavy atom. The van der Waals surface area contributed by atoms with Crippen LogP contribution in [0.2, 0.25) is 0 Å². The second kappa shape index (κ2) is 11.0. The molecule has 1 fully saturated rings. The number of benzene rings is 3. The molecule has 43 heavy (non-hydrogen) atoms. The highest BCUT2D eigenvalue weighted by molar-refractivity contribution is 7.80. The van der Waals surface area contributed by atoms with Gasteiger partial charge in [0, 0.05) is 35.0 Å². The lowest BCUT2D eigenvalue weighted by molar-refractivity contribution is 0.174. The molecule has 2 aliphatic rings. The highest BCUT2D eigenvalue weighted by Crippen LogP contribution is 2.44. The number of anilines is 1. The first-order valence-electron chi connectivity index (χ1n) is 14.0. The van der Waals surface area contributed by atoms with E-state index in [4.69, 9.17) is 36.1 Å². The van der Waals surface area contributed by atoms with E-state index in [0.29, 0.717) is 5.11 Å². The standard InChI is InChI=1S/C34H30N4O4S/c1-21-18-28(22(2)37(21)24-9-16-30-31(19-24)41-20-40-30)33-32(29-6-4-5-17-35-29)36-34(43)38(33)23-7-10-26(11-8-23)42-27-14-12-25(39-3)13-15-27/h4-19,32-33H,20H2,1-3H3,(H,36,43). The first-order valence-corrected chi connectivity index (χ1v) is 14.4.